The van der Waals surface area contributed by atoms with Crippen LogP contribution in [0.2, 0.25) is 0 Å². The lowest BCUT2D eigenvalue weighted by Crippen LogP contribution is -2.36. The number of amides is 1. The van der Waals surface area contributed by atoms with Gasteiger partial charge in [-0.25, -0.2) is 9.78 Å². The van der Waals surface area contributed by atoms with Crippen molar-refractivity contribution in [2.45, 2.75) is 45.4 Å². The smallest absolute Gasteiger partial charge is 0.410 e. The van der Waals surface area contributed by atoms with E-state index in [1.54, 1.807) is 4.90 Å². The monoisotopic (exact) mass is 417 g/mol. The lowest BCUT2D eigenvalue weighted by atomic mass is 10.1. The minimum Gasteiger partial charge on any atom is -0.444 e. The Labute approximate surface area is 182 Å². The van der Waals surface area contributed by atoms with Crippen LogP contribution in [0.15, 0.2) is 48.5 Å². The summed E-state index contributed by atoms with van der Waals surface area (Å²) in [6.07, 6.45) is 0.558. The predicted molar refractivity (Wildman–Crippen MR) is 120 cm³/mol. The molecule has 0 spiro atoms. The molecule has 1 aliphatic rings. The molecule has 31 heavy (non-hydrogen) atoms. The summed E-state index contributed by atoms with van der Waals surface area (Å²) in [6, 6.07) is 17.9. The summed E-state index contributed by atoms with van der Waals surface area (Å²) in [7, 11) is 0. The first-order valence-electron chi connectivity index (χ1n) is 10.5. The third-order valence-electron chi connectivity index (χ3n) is 5.25. The number of likely N-dealkylation sites (tertiary alicyclic amines) is 1. The number of rotatable bonds is 4. The Hall–Kier alpha value is -3.53. The summed E-state index contributed by atoms with van der Waals surface area (Å²) in [5, 5.41) is 12.6. The van der Waals surface area contributed by atoms with Crippen molar-refractivity contribution in [2.75, 3.05) is 18.4 Å². The lowest BCUT2D eigenvalue weighted by Gasteiger charge is -2.24. The molecule has 0 unspecified atom stereocenters. The minimum absolute atomic E-state index is 0.101. The summed E-state index contributed by atoms with van der Waals surface area (Å²) in [6.45, 7) is 7.50. The average Bonchev–Trinajstić information content (AvgIpc) is 3.33. The van der Waals surface area contributed by atoms with Crippen LogP contribution >= 0.6 is 0 Å². The number of anilines is 1. The number of hydrogen-bond acceptors (Lipinski definition) is 5. The van der Waals surface area contributed by atoms with Crippen LogP contribution in [0.5, 0.6) is 0 Å². The molecule has 160 valence electrons. The number of benzene rings is 2. The fourth-order valence-corrected chi connectivity index (χ4v) is 3.77. The number of carbonyl (C=O) groups is 1. The van der Waals surface area contributed by atoms with Gasteiger partial charge >= 0.3 is 6.09 Å². The molecule has 0 saturated carbocycles. The molecule has 0 radical (unpaired) electrons. The Balaban J connectivity index is 1.53. The van der Waals surface area contributed by atoms with Gasteiger partial charge in [0.1, 0.15) is 5.60 Å². The molecule has 2 heterocycles. The summed E-state index contributed by atoms with van der Waals surface area (Å²) in [5.41, 5.74) is 3.19. The minimum atomic E-state index is -0.502. The van der Waals surface area contributed by atoms with Gasteiger partial charge in [0.05, 0.1) is 29.2 Å². The van der Waals surface area contributed by atoms with E-state index < -0.39 is 5.60 Å². The van der Waals surface area contributed by atoms with Gasteiger partial charge in [-0.15, -0.1) is 0 Å². The van der Waals surface area contributed by atoms with Gasteiger partial charge < -0.3 is 19.5 Å². The number of nitriles is 1. The molecular weight excluding hydrogens is 390 g/mol. The first-order valence-corrected chi connectivity index (χ1v) is 10.5. The van der Waals surface area contributed by atoms with Crippen LogP contribution in [0.3, 0.4) is 0 Å². The first kappa shape index (κ1) is 20.7. The highest BCUT2D eigenvalue weighted by molar-refractivity contribution is 5.79. The Kier molecular flexibility index (Phi) is 5.55. The van der Waals surface area contributed by atoms with E-state index >= 15 is 0 Å². The van der Waals surface area contributed by atoms with E-state index in [9.17, 15) is 4.79 Å². The van der Waals surface area contributed by atoms with Gasteiger partial charge in [-0.3, -0.25) is 0 Å². The van der Waals surface area contributed by atoms with E-state index in [1.165, 1.54) is 0 Å². The van der Waals surface area contributed by atoms with Gasteiger partial charge in [0.2, 0.25) is 5.95 Å². The maximum absolute atomic E-state index is 12.4. The van der Waals surface area contributed by atoms with Gasteiger partial charge in [-0.05, 0) is 57.0 Å². The summed E-state index contributed by atoms with van der Waals surface area (Å²) >= 11 is 0. The number of carbonyl (C=O) groups excluding carboxylic acids is 1. The second-order valence-electron chi connectivity index (χ2n) is 8.88. The van der Waals surface area contributed by atoms with Crippen LogP contribution in [-0.2, 0) is 11.3 Å². The van der Waals surface area contributed by atoms with E-state index in [4.69, 9.17) is 15.0 Å². The van der Waals surface area contributed by atoms with Crippen molar-refractivity contribution < 1.29 is 9.53 Å². The Morgan fingerprint density at radius 3 is 2.68 bits per heavy atom. The molecule has 7 nitrogen and oxygen atoms in total. The van der Waals surface area contributed by atoms with Gasteiger partial charge in [0, 0.05) is 19.1 Å². The normalized spacial score (nSPS) is 16.3. The second kappa shape index (κ2) is 8.31. The maximum atomic E-state index is 12.4. The van der Waals surface area contributed by atoms with Crippen molar-refractivity contribution in [3.63, 3.8) is 0 Å². The van der Waals surface area contributed by atoms with Crippen molar-refractivity contribution >= 4 is 23.1 Å². The van der Waals surface area contributed by atoms with Crippen molar-refractivity contribution in [3.05, 3.63) is 59.7 Å². The summed E-state index contributed by atoms with van der Waals surface area (Å²) in [4.78, 5) is 18.9. The topological polar surface area (TPSA) is 83.2 Å². The number of nitrogens with zero attached hydrogens (tertiary/aromatic N) is 4. The number of fused-ring (bicyclic) bond motifs is 1. The SMILES string of the molecule is CC(C)(C)OC(=O)N1CC[C@@H](Nc2nc3ccccc3n2Cc2ccc(C#N)cc2)C1. The Bertz CT molecular complexity index is 1120. The molecule has 1 atom stereocenters. The molecule has 1 amide bonds. The molecule has 3 aromatic rings. The molecule has 1 aliphatic heterocycles. The molecule has 0 aliphatic carbocycles. The van der Waals surface area contributed by atoms with Crippen LogP contribution in [0, 0.1) is 11.3 Å². The fourth-order valence-electron chi connectivity index (χ4n) is 3.77. The van der Waals surface area contributed by atoms with Crippen molar-refractivity contribution in [3.8, 4) is 6.07 Å². The van der Waals surface area contributed by atoms with E-state index in [-0.39, 0.29) is 12.1 Å². The number of hydrogen-bond donors (Lipinski definition) is 1. The molecule has 1 N–H and O–H groups in total. The van der Waals surface area contributed by atoms with Gasteiger partial charge in [-0.2, -0.15) is 5.26 Å². The highest BCUT2D eigenvalue weighted by Gasteiger charge is 2.30. The second-order valence-corrected chi connectivity index (χ2v) is 8.88. The Morgan fingerprint density at radius 2 is 1.97 bits per heavy atom. The average molecular weight is 418 g/mol. The van der Waals surface area contributed by atoms with Crippen LogP contribution in [0.4, 0.5) is 10.7 Å². The fraction of sp³-hybridized carbons (Fsp3) is 0.375. The number of imidazole rings is 1. The molecule has 1 saturated heterocycles. The summed E-state index contributed by atoms with van der Waals surface area (Å²) < 4.78 is 7.65. The molecular formula is C24H27N5O2. The van der Waals surface area contributed by atoms with E-state index in [0.29, 0.717) is 25.2 Å². The van der Waals surface area contributed by atoms with E-state index in [2.05, 4.69) is 22.0 Å². The first-order chi connectivity index (χ1) is 14.8. The van der Waals surface area contributed by atoms with Crippen LogP contribution in [-0.4, -0.2) is 45.3 Å². The summed E-state index contributed by atoms with van der Waals surface area (Å²) in [5.74, 6) is 0.779. The molecule has 2 aromatic carbocycles. The van der Waals surface area contributed by atoms with Crippen molar-refractivity contribution in [1.82, 2.24) is 14.5 Å². The molecule has 4 rings (SSSR count). The predicted octanol–water partition coefficient (Wildman–Crippen LogP) is 4.38. The standard InChI is InChI=1S/C24H27N5O2/c1-24(2,3)31-23(30)28-13-12-19(16-28)26-22-27-20-6-4-5-7-21(20)29(22)15-18-10-8-17(14-25)9-11-18/h4-11,19H,12-13,15-16H2,1-3H3,(H,26,27)/t19-/m1/s1. The number of ether oxygens (including phenoxy) is 1. The van der Waals surface area contributed by atoms with Gasteiger partial charge in [0.15, 0.2) is 0 Å². The molecule has 0 bridgehead atoms. The molecule has 1 fully saturated rings. The molecule has 7 heteroatoms. The third kappa shape index (κ3) is 4.80. The quantitative estimate of drug-likeness (QED) is 0.681. The zero-order valence-electron chi connectivity index (χ0n) is 18.1. The largest absolute Gasteiger partial charge is 0.444 e. The van der Waals surface area contributed by atoms with Crippen molar-refractivity contribution in [2.24, 2.45) is 0 Å². The zero-order valence-corrected chi connectivity index (χ0v) is 18.1. The maximum Gasteiger partial charge on any atom is 0.410 e. The van der Waals surface area contributed by atoms with Crippen LogP contribution < -0.4 is 5.32 Å². The van der Waals surface area contributed by atoms with Crippen LogP contribution in [0.1, 0.15) is 38.3 Å². The molecule has 1 aromatic heterocycles. The van der Waals surface area contributed by atoms with Gasteiger partial charge in [-0.1, -0.05) is 24.3 Å². The highest BCUT2D eigenvalue weighted by Crippen LogP contribution is 2.24. The number of para-hydroxylation sites is 2. The Morgan fingerprint density at radius 1 is 1.23 bits per heavy atom. The van der Waals surface area contributed by atoms with E-state index in [1.807, 2.05) is 63.2 Å². The lowest BCUT2D eigenvalue weighted by molar-refractivity contribution is 0.0293. The number of nitrogens with one attached hydrogen (secondary N) is 1. The number of aromatic nitrogens is 2. The third-order valence-corrected chi connectivity index (χ3v) is 5.25. The van der Waals surface area contributed by atoms with E-state index in [0.717, 1.165) is 29.0 Å². The highest BCUT2D eigenvalue weighted by atomic mass is 16.6. The zero-order chi connectivity index (χ0) is 22.0. The van der Waals surface area contributed by atoms with Crippen LogP contribution in [0.25, 0.3) is 11.0 Å². The van der Waals surface area contributed by atoms with Gasteiger partial charge in [0.25, 0.3) is 0 Å². The van der Waals surface area contributed by atoms with Crippen molar-refractivity contribution in [1.29, 1.82) is 5.26 Å².